The quantitative estimate of drug-likeness (QED) is 0.653. The number of hydrogen-bond donors (Lipinski definition) is 1. The van der Waals surface area contributed by atoms with E-state index in [4.69, 9.17) is 16.7 Å². The van der Waals surface area contributed by atoms with Gasteiger partial charge in [0.1, 0.15) is 17.7 Å². The van der Waals surface area contributed by atoms with Crippen molar-refractivity contribution in [1.82, 2.24) is 14.7 Å². The van der Waals surface area contributed by atoms with Gasteiger partial charge in [-0.05, 0) is 29.3 Å². The van der Waals surface area contributed by atoms with Crippen molar-refractivity contribution in [1.29, 1.82) is 0 Å². The molecule has 1 aliphatic heterocycles. The Kier molecular flexibility index (Phi) is 4.83. The van der Waals surface area contributed by atoms with E-state index in [1.54, 1.807) is 21.7 Å². The second-order valence-corrected chi connectivity index (χ2v) is 8.53. The number of benzene rings is 2. The van der Waals surface area contributed by atoms with Gasteiger partial charge in [-0.1, -0.05) is 23.7 Å². The van der Waals surface area contributed by atoms with E-state index in [9.17, 15) is 18.7 Å². The standard InChI is InChI=1S/C23H20ClF2N3O2/c1-12(30)28-6-5-20-18(11-28)22(13-3-2-4-14(24)7-13)27-29(20)23-17-8-15(25)9-19(26)16(17)10-21(23)31/h2-4,7-9,21,23,31H,5-6,10-11H2,1H3/t21-,23-/m0/s1. The predicted molar refractivity (Wildman–Crippen MR) is 112 cm³/mol. The van der Waals surface area contributed by atoms with Crippen LogP contribution in [0.2, 0.25) is 5.02 Å². The first-order chi connectivity index (χ1) is 14.8. The van der Waals surface area contributed by atoms with E-state index in [-0.39, 0.29) is 12.3 Å². The van der Waals surface area contributed by atoms with Crippen LogP contribution in [0.1, 0.15) is 35.3 Å². The molecule has 160 valence electrons. The average molecular weight is 444 g/mol. The van der Waals surface area contributed by atoms with E-state index < -0.39 is 23.8 Å². The van der Waals surface area contributed by atoms with Crippen LogP contribution < -0.4 is 0 Å². The fourth-order valence-electron chi connectivity index (χ4n) is 4.74. The maximum absolute atomic E-state index is 14.4. The number of carbonyl (C=O) groups excluding carboxylic acids is 1. The molecule has 2 aromatic carbocycles. The summed E-state index contributed by atoms with van der Waals surface area (Å²) in [5.41, 5.74) is 3.87. The molecule has 2 aliphatic rings. The van der Waals surface area contributed by atoms with Crippen molar-refractivity contribution < 1.29 is 18.7 Å². The van der Waals surface area contributed by atoms with Gasteiger partial charge in [0.25, 0.3) is 0 Å². The molecule has 5 rings (SSSR count). The van der Waals surface area contributed by atoms with Gasteiger partial charge in [-0.3, -0.25) is 9.48 Å². The Balaban J connectivity index is 1.70. The Bertz CT molecular complexity index is 1210. The highest BCUT2D eigenvalue weighted by molar-refractivity contribution is 6.30. The predicted octanol–water partition coefficient (Wildman–Crippen LogP) is 3.89. The molecule has 0 fully saturated rings. The van der Waals surface area contributed by atoms with Gasteiger partial charge in [-0.2, -0.15) is 5.10 Å². The third kappa shape index (κ3) is 3.32. The lowest BCUT2D eigenvalue weighted by atomic mass is 10.00. The first kappa shape index (κ1) is 20.2. The zero-order valence-corrected chi connectivity index (χ0v) is 17.5. The molecule has 3 aromatic rings. The van der Waals surface area contributed by atoms with Crippen LogP contribution in [0.25, 0.3) is 11.3 Å². The van der Waals surface area contributed by atoms with E-state index in [0.29, 0.717) is 41.4 Å². The number of aliphatic hydroxyl groups is 1. The van der Waals surface area contributed by atoms with Crippen LogP contribution in [0.3, 0.4) is 0 Å². The lowest BCUT2D eigenvalue weighted by Crippen LogP contribution is -2.35. The van der Waals surface area contributed by atoms with Crippen molar-refractivity contribution in [3.63, 3.8) is 0 Å². The summed E-state index contributed by atoms with van der Waals surface area (Å²) < 4.78 is 30.1. The molecule has 1 N–H and O–H groups in total. The molecular weight excluding hydrogens is 424 g/mol. The largest absolute Gasteiger partial charge is 0.390 e. The molecule has 0 saturated carbocycles. The number of halogens is 3. The monoisotopic (exact) mass is 443 g/mol. The van der Waals surface area contributed by atoms with Crippen LogP contribution in [0, 0.1) is 11.6 Å². The number of aliphatic hydroxyl groups excluding tert-OH is 1. The summed E-state index contributed by atoms with van der Waals surface area (Å²) in [5.74, 6) is -1.38. The van der Waals surface area contributed by atoms with Gasteiger partial charge in [-0.25, -0.2) is 8.78 Å². The summed E-state index contributed by atoms with van der Waals surface area (Å²) >= 11 is 6.19. The summed E-state index contributed by atoms with van der Waals surface area (Å²) in [5, 5.41) is 16.2. The van der Waals surface area contributed by atoms with Crippen LogP contribution in [0.5, 0.6) is 0 Å². The first-order valence-corrected chi connectivity index (χ1v) is 10.5. The van der Waals surface area contributed by atoms with E-state index in [1.165, 1.54) is 13.0 Å². The van der Waals surface area contributed by atoms with E-state index >= 15 is 0 Å². The molecule has 2 heterocycles. The van der Waals surface area contributed by atoms with Gasteiger partial charge in [0.05, 0.1) is 11.8 Å². The number of nitrogens with zero attached hydrogens (tertiary/aromatic N) is 3. The molecule has 8 heteroatoms. The Morgan fingerprint density at radius 1 is 1.23 bits per heavy atom. The van der Waals surface area contributed by atoms with Crippen molar-refractivity contribution in [2.24, 2.45) is 0 Å². The van der Waals surface area contributed by atoms with Gasteiger partial charge < -0.3 is 10.0 Å². The highest BCUT2D eigenvalue weighted by atomic mass is 35.5. The molecule has 1 amide bonds. The molecule has 0 radical (unpaired) electrons. The third-order valence-electron chi connectivity index (χ3n) is 6.18. The second kappa shape index (κ2) is 7.43. The zero-order chi connectivity index (χ0) is 21.9. The molecular formula is C23H20ClF2N3O2. The van der Waals surface area contributed by atoms with Gasteiger partial charge in [-0.15, -0.1) is 0 Å². The van der Waals surface area contributed by atoms with E-state index in [0.717, 1.165) is 22.9 Å². The van der Waals surface area contributed by atoms with Crippen LogP contribution in [-0.2, 0) is 24.2 Å². The van der Waals surface area contributed by atoms with Gasteiger partial charge in [0.15, 0.2) is 0 Å². The average Bonchev–Trinajstić information content (AvgIpc) is 3.25. The minimum Gasteiger partial charge on any atom is -0.390 e. The van der Waals surface area contributed by atoms with Gasteiger partial charge >= 0.3 is 0 Å². The van der Waals surface area contributed by atoms with Crippen molar-refractivity contribution >= 4 is 17.5 Å². The maximum Gasteiger partial charge on any atom is 0.219 e. The Morgan fingerprint density at radius 3 is 2.77 bits per heavy atom. The smallest absolute Gasteiger partial charge is 0.219 e. The van der Waals surface area contributed by atoms with Crippen molar-refractivity contribution in [2.45, 2.75) is 38.5 Å². The molecule has 0 unspecified atom stereocenters. The third-order valence-corrected chi connectivity index (χ3v) is 6.42. The first-order valence-electron chi connectivity index (χ1n) is 10.1. The minimum absolute atomic E-state index is 0.0363. The number of carbonyl (C=O) groups is 1. The summed E-state index contributed by atoms with van der Waals surface area (Å²) in [7, 11) is 0. The molecule has 1 aromatic heterocycles. The zero-order valence-electron chi connectivity index (χ0n) is 16.8. The van der Waals surface area contributed by atoms with Crippen molar-refractivity contribution in [3.05, 3.63) is 75.4 Å². The number of aromatic nitrogens is 2. The molecule has 2 atom stereocenters. The summed E-state index contributed by atoms with van der Waals surface area (Å²) in [4.78, 5) is 13.8. The van der Waals surface area contributed by atoms with Gasteiger partial charge in [0, 0.05) is 60.8 Å². The van der Waals surface area contributed by atoms with Crippen LogP contribution in [0.4, 0.5) is 8.78 Å². The molecule has 5 nitrogen and oxygen atoms in total. The Morgan fingerprint density at radius 2 is 2.03 bits per heavy atom. The van der Waals surface area contributed by atoms with E-state index in [2.05, 4.69) is 0 Å². The minimum atomic E-state index is -0.937. The summed E-state index contributed by atoms with van der Waals surface area (Å²) in [6.07, 6.45) is -0.320. The van der Waals surface area contributed by atoms with Crippen LogP contribution in [0.15, 0.2) is 36.4 Å². The second-order valence-electron chi connectivity index (χ2n) is 8.09. The number of fused-ring (bicyclic) bond motifs is 2. The normalized spacial score (nSPS) is 20.0. The molecule has 0 saturated heterocycles. The van der Waals surface area contributed by atoms with Crippen molar-refractivity contribution in [2.75, 3.05) is 6.54 Å². The number of amides is 1. The van der Waals surface area contributed by atoms with Crippen molar-refractivity contribution in [3.8, 4) is 11.3 Å². The molecule has 31 heavy (non-hydrogen) atoms. The highest BCUT2D eigenvalue weighted by Crippen LogP contribution is 2.40. The number of rotatable bonds is 2. The molecule has 1 aliphatic carbocycles. The Hall–Kier alpha value is -2.77. The number of hydrogen-bond acceptors (Lipinski definition) is 3. The molecule has 0 spiro atoms. The van der Waals surface area contributed by atoms with Crippen LogP contribution in [-0.4, -0.2) is 38.3 Å². The highest BCUT2D eigenvalue weighted by Gasteiger charge is 2.39. The SMILES string of the molecule is CC(=O)N1CCc2c(c(-c3cccc(Cl)c3)nn2[C@H]2c3cc(F)cc(F)c3C[C@@H]2O)C1. The van der Waals surface area contributed by atoms with Gasteiger partial charge in [0.2, 0.25) is 5.91 Å². The fourth-order valence-corrected chi connectivity index (χ4v) is 4.93. The van der Waals surface area contributed by atoms with E-state index in [1.807, 2.05) is 12.1 Å². The lowest BCUT2D eigenvalue weighted by molar-refractivity contribution is -0.129. The summed E-state index contributed by atoms with van der Waals surface area (Å²) in [6.45, 7) is 2.41. The topological polar surface area (TPSA) is 58.4 Å². The molecule has 0 bridgehead atoms. The fraction of sp³-hybridized carbons (Fsp3) is 0.304. The lowest BCUT2D eigenvalue weighted by Gasteiger charge is -2.28. The maximum atomic E-state index is 14.4. The Labute approximate surface area is 182 Å². The summed E-state index contributed by atoms with van der Waals surface area (Å²) in [6, 6.07) is 8.67. The van der Waals surface area contributed by atoms with Crippen LogP contribution >= 0.6 is 11.6 Å².